The molecule has 0 unspecified atom stereocenters. The van der Waals surface area contributed by atoms with E-state index in [0.29, 0.717) is 36.7 Å². The van der Waals surface area contributed by atoms with Crippen LogP contribution in [0.4, 0.5) is 10.1 Å². The number of pyridine rings is 1. The highest BCUT2D eigenvalue weighted by Gasteiger charge is 2.30. The number of carbonyl (C=O) groups is 1. The first-order valence-electron chi connectivity index (χ1n) is 10.7. The maximum absolute atomic E-state index is 14.7. The number of benzene rings is 2. The van der Waals surface area contributed by atoms with Gasteiger partial charge in [-0.05, 0) is 36.2 Å². The molecule has 1 saturated heterocycles. The van der Waals surface area contributed by atoms with E-state index in [1.807, 2.05) is 36.4 Å². The third kappa shape index (κ3) is 5.36. The van der Waals surface area contributed by atoms with Crippen LogP contribution in [-0.4, -0.2) is 34.6 Å². The van der Waals surface area contributed by atoms with E-state index in [9.17, 15) is 9.18 Å². The van der Waals surface area contributed by atoms with Gasteiger partial charge in [0.2, 0.25) is 5.91 Å². The third-order valence-corrected chi connectivity index (χ3v) is 5.58. The summed E-state index contributed by atoms with van der Waals surface area (Å²) in [6.45, 7) is 1.09. The van der Waals surface area contributed by atoms with E-state index >= 15 is 0 Å². The van der Waals surface area contributed by atoms with Crippen molar-refractivity contribution in [1.82, 2.24) is 15.3 Å². The molecule has 1 fully saturated rings. The molecule has 3 N–H and O–H groups in total. The number of aromatic nitrogens is 2. The number of carbonyl (C=O) groups excluding carboxylic acids is 1. The van der Waals surface area contributed by atoms with Crippen molar-refractivity contribution in [2.75, 3.05) is 11.9 Å². The van der Waals surface area contributed by atoms with Crippen molar-refractivity contribution < 1.29 is 18.7 Å². The van der Waals surface area contributed by atoms with Gasteiger partial charge in [0.05, 0.1) is 24.1 Å². The standard InChI is InChI=1S/C25H23FN4O3.ClH/c26-20-12-17(6-7-23(20)33-22-9-11-28-24-19(22)8-10-27-24)30-25(31)21-13-18(14-29-21)32-15-16-4-2-1-3-5-16;/h1-12,18,21,29H,13-15H2,(H,27,28)(H,30,31);1H/t18-,21+;/m1./s1. The number of amides is 1. The topological polar surface area (TPSA) is 88.3 Å². The van der Waals surface area contributed by atoms with Crippen molar-refractivity contribution in [2.24, 2.45) is 0 Å². The van der Waals surface area contributed by atoms with Crippen LogP contribution in [0.1, 0.15) is 12.0 Å². The lowest BCUT2D eigenvalue weighted by Crippen LogP contribution is -2.35. The quantitative estimate of drug-likeness (QED) is 0.352. The second-order valence-electron chi connectivity index (χ2n) is 7.90. The number of halogens is 2. The fourth-order valence-corrected chi connectivity index (χ4v) is 3.85. The molecule has 2 aromatic carbocycles. The van der Waals surface area contributed by atoms with Gasteiger partial charge in [-0.15, -0.1) is 12.4 Å². The largest absolute Gasteiger partial charge is 0.453 e. The Bertz CT molecular complexity index is 1270. The molecule has 3 heterocycles. The Labute approximate surface area is 202 Å². The molecule has 4 aromatic rings. The molecule has 0 spiro atoms. The van der Waals surface area contributed by atoms with Gasteiger partial charge in [-0.1, -0.05) is 30.3 Å². The summed E-state index contributed by atoms with van der Waals surface area (Å²) < 4.78 is 26.3. The van der Waals surface area contributed by atoms with Gasteiger partial charge >= 0.3 is 0 Å². The highest BCUT2D eigenvalue weighted by atomic mass is 35.5. The molecule has 7 nitrogen and oxygen atoms in total. The van der Waals surface area contributed by atoms with Crippen LogP contribution in [-0.2, 0) is 16.1 Å². The summed E-state index contributed by atoms with van der Waals surface area (Å²) in [4.78, 5) is 19.8. The minimum atomic E-state index is -0.572. The zero-order valence-electron chi connectivity index (χ0n) is 18.2. The first-order valence-corrected chi connectivity index (χ1v) is 10.7. The Morgan fingerprint density at radius 1 is 1.12 bits per heavy atom. The highest BCUT2D eigenvalue weighted by Crippen LogP contribution is 2.31. The minimum Gasteiger partial charge on any atom is -0.453 e. The van der Waals surface area contributed by atoms with Crippen LogP contribution in [0.15, 0.2) is 73.1 Å². The van der Waals surface area contributed by atoms with Gasteiger partial charge in [-0.25, -0.2) is 9.37 Å². The number of nitrogens with zero attached hydrogens (tertiary/aromatic N) is 1. The molecule has 0 bridgehead atoms. The van der Waals surface area contributed by atoms with Gasteiger partial charge in [-0.3, -0.25) is 4.79 Å². The lowest BCUT2D eigenvalue weighted by molar-refractivity contribution is -0.118. The molecule has 0 radical (unpaired) electrons. The molecule has 2 atom stereocenters. The van der Waals surface area contributed by atoms with Crippen molar-refractivity contribution in [3.63, 3.8) is 0 Å². The van der Waals surface area contributed by atoms with E-state index in [1.165, 1.54) is 12.1 Å². The number of H-pyrrole nitrogens is 1. The van der Waals surface area contributed by atoms with E-state index in [2.05, 4.69) is 20.6 Å². The molecule has 1 aliphatic rings. The summed E-state index contributed by atoms with van der Waals surface area (Å²) in [5.41, 5.74) is 2.11. The summed E-state index contributed by atoms with van der Waals surface area (Å²) in [7, 11) is 0. The molecule has 34 heavy (non-hydrogen) atoms. The molecule has 176 valence electrons. The zero-order chi connectivity index (χ0) is 22.6. The SMILES string of the molecule is Cl.O=C(Nc1ccc(Oc2ccnc3[nH]ccc23)c(F)c1)[C@@H]1C[C@@H](OCc2ccccc2)CN1. The van der Waals surface area contributed by atoms with Crippen LogP contribution in [0.2, 0.25) is 0 Å². The van der Waals surface area contributed by atoms with Crippen molar-refractivity contribution in [2.45, 2.75) is 25.2 Å². The molecular formula is C25H24ClFN4O3. The van der Waals surface area contributed by atoms with Gasteiger partial charge in [0.15, 0.2) is 11.6 Å². The molecular weight excluding hydrogens is 459 g/mol. The predicted molar refractivity (Wildman–Crippen MR) is 130 cm³/mol. The first-order chi connectivity index (χ1) is 16.2. The van der Waals surface area contributed by atoms with Gasteiger partial charge in [-0.2, -0.15) is 0 Å². The molecule has 1 aliphatic heterocycles. The Morgan fingerprint density at radius 2 is 1.97 bits per heavy atom. The lowest BCUT2D eigenvalue weighted by Gasteiger charge is -2.13. The maximum atomic E-state index is 14.7. The summed E-state index contributed by atoms with van der Waals surface area (Å²) in [5.74, 6) is -0.238. The van der Waals surface area contributed by atoms with Crippen LogP contribution in [0.25, 0.3) is 11.0 Å². The summed E-state index contributed by atoms with van der Waals surface area (Å²) in [6, 6.07) is 17.4. The Balaban J connectivity index is 0.00000274. The van der Waals surface area contributed by atoms with Crippen LogP contribution in [0.5, 0.6) is 11.5 Å². The highest BCUT2D eigenvalue weighted by molar-refractivity contribution is 5.95. The predicted octanol–water partition coefficient (Wildman–Crippen LogP) is 4.80. The molecule has 0 aliphatic carbocycles. The third-order valence-electron chi connectivity index (χ3n) is 5.58. The van der Waals surface area contributed by atoms with Gasteiger partial charge in [0.25, 0.3) is 0 Å². The van der Waals surface area contributed by atoms with E-state index in [4.69, 9.17) is 9.47 Å². The fourth-order valence-electron chi connectivity index (χ4n) is 3.85. The Morgan fingerprint density at radius 3 is 2.79 bits per heavy atom. The van der Waals surface area contributed by atoms with E-state index in [1.54, 1.807) is 24.5 Å². The monoisotopic (exact) mass is 482 g/mol. The number of aromatic amines is 1. The van der Waals surface area contributed by atoms with Crippen LogP contribution in [0, 0.1) is 5.82 Å². The Kier molecular flexibility index (Phi) is 7.42. The average molecular weight is 483 g/mol. The van der Waals surface area contributed by atoms with Gasteiger partial charge in [0, 0.05) is 30.7 Å². The van der Waals surface area contributed by atoms with Crippen LogP contribution >= 0.6 is 12.4 Å². The summed E-state index contributed by atoms with van der Waals surface area (Å²) in [6.07, 6.45) is 3.83. The Hall–Kier alpha value is -3.46. The average Bonchev–Trinajstić information content (AvgIpc) is 3.50. The first kappa shape index (κ1) is 23.7. The summed E-state index contributed by atoms with van der Waals surface area (Å²) >= 11 is 0. The normalized spacial score (nSPS) is 17.3. The molecule has 0 saturated carbocycles. The van der Waals surface area contributed by atoms with Crippen LogP contribution in [0.3, 0.4) is 0 Å². The number of ether oxygens (including phenoxy) is 2. The van der Waals surface area contributed by atoms with Crippen molar-refractivity contribution in [3.05, 3.63) is 84.4 Å². The minimum absolute atomic E-state index is 0. The number of nitrogens with one attached hydrogen (secondary N) is 3. The second kappa shape index (κ2) is 10.6. The fraction of sp³-hybridized carbons (Fsp3) is 0.200. The second-order valence-corrected chi connectivity index (χ2v) is 7.90. The smallest absolute Gasteiger partial charge is 0.241 e. The van der Waals surface area contributed by atoms with E-state index < -0.39 is 11.9 Å². The maximum Gasteiger partial charge on any atom is 0.241 e. The van der Waals surface area contributed by atoms with Gasteiger partial charge < -0.3 is 25.1 Å². The number of hydrogen-bond acceptors (Lipinski definition) is 5. The number of anilines is 1. The molecule has 2 aromatic heterocycles. The van der Waals surface area contributed by atoms with E-state index in [-0.39, 0.29) is 30.2 Å². The molecule has 5 rings (SSSR count). The molecule has 9 heteroatoms. The van der Waals surface area contributed by atoms with Crippen molar-refractivity contribution >= 4 is 35.0 Å². The zero-order valence-corrected chi connectivity index (χ0v) is 19.0. The van der Waals surface area contributed by atoms with E-state index in [0.717, 1.165) is 10.9 Å². The van der Waals surface area contributed by atoms with Gasteiger partial charge in [0.1, 0.15) is 11.4 Å². The van der Waals surface area contributed by atoms with Crippen molar-refractivity contribution in [3.8, 4) is 11.5 Å². The van der Waals surface area contributed by atoms with Crippen molar-refractivity contribution in [1.29, 1.82) is 0 Å². The van der Waals surface area contributed by atoms with Crippen LogP contribution < -0.4 is 15.4 Å². The number of fused-ring (bicyclic) bond motifs is 1. The number of hydrogen-bond donors (Lipinski definition) is 3. The summed E-state index contributed by atoms with van der Waals surface area (Å²) in [5, 5.41) is 6.70. The number of rotatable bonds is 7. The lowest BCUT2D eigenvalue weighted by atomic mass is 10.1. The molecule has 1 amide bonds.